The van der Waals surface area contributed by atoms with Crippen molar-refractivity contribution in [3.63, 3.8) is 0 Å². The lowest BCUT2D eigenvalue weighted by atomic mass is 10.1. The Morgan fingerprint density at radius 3 is 3.04 bits per heavy atom. The van der Waals surface area contributed by atoms with Gasteiger partial charge in [0.25, 0.3) is 10.0 Å². The number of aromatic nitrogens is 2. The molecule has 3 rings (SSSR count). The fraction of sp³-hybridized carbons (Fsp3) is 0.429. The van der Waals surface area contributed by atoms with Gasteiger partial charge in [0.05, 0.1) is 6.10 Å². The highest BCUT2D eigenvalue weighted by atomic mass is 35.5. The minimum Gasteiger partial charge on any atom is -0.378 e. The second-order valence-electron chi connectivity index (χ2n) is 5.34. The van der Waals surface area contributed by atoms with Crippen molar-refractivity contribution in [3.8, 4) is 0 Å². The fourth-order valence-electron chi connectivity index (χ4n) is 2.60. The number of ether oxygens (including phenoxy) is 1. The molecule has 1 N–H and O–H groups in total. The third kappa shape index (κ3) is 3.49. The van der Waals surface area contributed by atoms with Gasteiger partial charge in [-0.05, 0) is 31.4 Å². The number of hydrogen-bond acceptors (Lipinski definition) is 5. The predicted octanol–water partition coefficient (Wildman–Crippen LogP) is 1.75. The quantitative estimate of drug-likeness (QED) is 0.880. The van der Waals surface area contributed by atoms with E-state index in [9.17, 15) is 13.2 Å². The summed E-state index contributed by atoms with van der Waals surface area (Å²) in [7, 11) is -4.09. The largest absolute Gasteiger partial charge is 0.378 e. The fourth-order valence-corrected chi connectivity index (χ4v) is 4.26. The number of nitrogens with zero attached hydrogens (tertiary/aromatic N) is 2. The molecule has 0 aromatic carbocycles. The first-order valence-corrected chi connectivity index (χ1v) is 9.13. The average molecular weight is 358 g/mol. The van der Waals surface area contributed by atoms with Crippen molar-refractivity contribution in [1.29, 1.82) is 0 Å². The van der Waals surface area contributed by atoms with Crippen molar-refractivity contribution in [2.24, 2.45) is 0 Å². The maximum absolute atomic E-state index is 12.4. The van der Waals surface area contributed by atoms with Gasteiger partial charge in [0, 0.05) is 19.2 Å². The monoisotopic (exact) mass is 357 g/mol. The molecular weight excluding hydrogens is 342 g/mol. The van der Waals surface area contributed by atoms with Crippen molar-refractivity contribution in [2.75, 3.05) is 6.61 Å². The molecule has 23 heavy (non-hydrogen) atoms. The number of sulfonamides is 1. The van der Waals surface area contributed by atoms with Crippen molar-refractivity contribution in [2.45, 2.75) is 36.8 Å². The van der Waals surface area contributed by atoms with Crippen LogP contribution in [-0.4, -0.2) is 36.4 Å². The van der Waals surface area contributed by atoms with Crippen LogP contribution in [0.1, 0.15) is 25.7 Å². The zero-order chi connectivity index (χ0) is 16.4. The van der Waals surface area contributed by atoms with Crippen LogP contribution in [0.3, 0.4) is 0 Å². The summed E-state index contributed by atoms with van der Waals surface area (Å²) in [5.41, 5.74) is 0.393. The van der Waals surface area contributed by atoms with Crippen LogP contribution >= 0.6 is 11.6 Å². The lowest BCUT2D eigenvalue weighted by Gasteiger charge is -2.10. The van der Waals surface area contributed by atoms with Crippen molar-refractivity contribution in [1.82, 2.24) is 14.1 Å². The van der Waals surface area contributed by atoms with E-state index in [1.54, 1.807) is 18.2 Å². The van der Waals surface area contributed by atoms with E-state index in [1.165, 1.54) is 10.6 Å². The van der Waals surface area contributed by atoms with Gasteiger partial charge in [-0.25, -0.2) is 9.71 Å². The lowest BCUT2D eigenvalue weighted by Crippen LogP contribution is -2.32. The zero-order valence-corrected chi connectivity index (χ0v) is 13.8. The normalized spacial score (nSPS) is 18.4. The summed E-state index contributed by atoms with van der Waals surface area (Å²) in [6, 6.07) is 5.00. The van der Waals surface area contributed by atoms with Crippen LogP contribution in [0.5, 0.6) is 0 Å². The molecule has 1 saturated heterocycles. The Morgan fingerprint density at radius 1 is 1.48 bits per heavy atom. The van der Waals surface area contributed by atoms with E-state index in [4.69, 9.17) is 16.3 Å². The van der Waals surface area contributed by atoms with Gasteiger partial charge in [-0.2, -0.15) is 8.42 Å². The molecule has 1 fully saturated rings. The second kappa shape index (κ2) is 6.46. The molecule has 2 aromatic rings. The van der Waals surface area contributed by atoms with Gasteiger partial charge in [-0.3, -0.25) is 9.20 Å². The molecule has 0 saturated carbocycles. The van der Waals surface area contributed by atoms with Gasteiger partial charge in [0.2, 0.25) is 5.91 Å². The summed E-state index contributed by atoms with van der Waals surface area (Å²) in [6.07, 6.45) is 4.02. The molecular formula is C14H16ClN3O4S. The third-order valence-electron chi connectivity index (χ3n) is 3.67. The number of amides is 1. The molecule has 124 valence electrons. The first-order valence-electron chi connectivity index (χ1n) is 7.27. The summed E-state index contributed by atoms with van der Waals surface area (Å²) in [5.74, 6) is -0.581. The Morgan fingerprint density at radius 2 is 2.30 bits per heavy atom. The van der Waals surface area contributed by atoms with E-state index in [-0.39, 0.29) is 22.7 Å². The number of carbonyl (C=O) groups excluding carboxylic acids is 1. The van der Waals surface area contributed by atoms with Gasteiger partial charge < -0.3 is 4.74 Å². The van der Waals surface area contributed by atoms with E-state index in [2.05, 4.69) is 4.98 Å². The van der Waals surface area contributed by atoms with E-state index in [0.29, 0.717) is 18.7 Å². The number of imidazole rings is 1. The molecule has 1 unspecified atom stereocenters. The molecule has 0 bridgehead atoms. The van der Waals surface area contributed by atoms with Crippen LogP contribution in [0.25, 0.3) is 5.65 Å². The summed E-state index contributed by atoms with van der Waals surface area (Å²) in [4.78, 5) is 15.9. The van der Waals surface area contributed by atoms with Crippen molar-refractivity contribution in [3.05, 3.63) is 29.5 Å². The molecule has 0 spiro atoms. The number of rotatable bonds is 5. The highest BCUT2D eigenvalue weighted by Gasteiger charge is 2.26. The maximum Gasteiger partial charge on any atom is 0.283 e. The average Bonchev–Trinajstić information content (AvgIpc) is 3.10. The van der Waals surface area contributed by atoms with E-state index in [0.717, 1.165) is 12.8 Å². The molecule has 3 heterocycles. The highest BCUT2D eigenvalue weighted by molar-refractivity contribution is 7.90. The molecule has 1 aliphatic heterocycles. The summed E-state index contributed by atoms with van der Waals surface area (Å²) in [5, 5.41) is -0.407. The van der Waals surface area contributed by atoms with Crippen LogP contribution in [0, 0.1) is 0 Å². The van der Waals surface area contributed by atoms with Gasteiger partial charge >= 0.3 is 0 Å². The van der Waals surface area contributed by atoms with E-state index in [1.807, 2.05) is 4.72 Å². The topological polar surface area (TPSA) is 89.8 Å². The Labute approximate surface area is 138 Å². The van der Waals surface area contributed by atoms with E-state index >= 15 is 0 Å². The van der Waals surface area contributed by atoms with Crippen molar-refractivity contribution < 1.29 is 17.9 Å². The summed E-state index contributed by atoms with van der Waals surface area (Å²) < 4.78 is 33.6. The Balaban J connectivity index is 1.75. The van der Waals surface area contributed by atoms with Gasteiger partial charge in [-0.1, -0.05) is 17.7 Å². The molecule has 7 nitrogen and oxygen atoms in total. The van der Waals surface area contributed by atoms with Gasteiger partial charge in [0.15, 0.2) is 10.2 Å². The van der Waals surface area contributed by atoms with Crippen LogP contribution in [0.15, 0.2) is 29.4 Å². The predicted molar refractivity (Wildman–Crippen MR) is 83.7 cm³/mol. The number of carbonyl (C=O) groups is 1. The van der Waals surface area contributed by atoms with Gasteiger partial charge in [0.1, 0.15) is 5.65 Å². The zero-order valence-electron chi connectivity index (χ0n) is 12.2. The number of halogens is 1. The summed E-state index contributed by atoms with van der Waals surface area (Å²) in [6.45, 7) is 0.696. The molecule has 1 atom stereocenters. The maximum atomic E-state index is 12.4. The molecule has 1 aliphatic rings. The van der Waals surface area contributed by atoms with Crippen LogP contribution in [-0.2, 0) is 19.6 Å². The molecule has 0 aliphatic carbocycles. The SMILES string of the molecule is O=C(CCC1CCCO1)NS(=O)(=O)c1c(Cl)nc2ccccn12. The standard InChI is InChI=1S/C14H16ClN3O4S/c15-13-14(18-8-2-1-5-11(18)16-13)23(20,21)17-12(19)7-6-10-4-3-9-22-10/h1-2,5,8,10H,3-4,6-7,9H2,(H,17,19). The molecule has 0 radical (unpaired) electrons. The second-order valence-corrected chi connectivity index (χ2v) is 7.29. The molecule has 9 heteroatoms. The smallest absolute Gasteiger partial charge is 0.283 e. The molecule has 2 aromatic heterocycles. The van der Waals surface area contributed by atoms with Crippen LogP contribution in [0.2, 0.25) is 5.15 Å². The number of nitrogens with one attached hydrogen (secondary N) is 1. The number of pyridine rings is 1. The highest BCUT2D eigenvalue weighted by Crippen LogP contribution is 2.22. The number of fused-ring (bicyclic) bond motifs is 1. The van der Waals surface area contributed by atoms with E-state index < -0.39 is 15.9 Å². The van der Waals surface area contributed by atoms with Crippen LogP contribution in [0.4, 0.5) is 0 Å². The van der Waals surface area contributed by atoms with Crippen LogP contribution < -0.4 is 4.72 Å². The van der Waals surface area contributed by atoms with Crippen molar-refractivity contribution >= 4 is 33.2 Å². The van der Waals surface area contributed by atoms with Gasteiger partial charge in [-0.15, -0.1) is 0 Å². The first kappa shape index (κ1) is 16.2. The first-order chi connectivity index (χ1) is 11.0. The summed E-state index contributed by atoms with van der Waals surface area (Å²) >= 11 is 5.93. The minimum atomic E-state index is -4.09. The Bertz CT molecular complexity index is 828. The lowest BCUT2D eigenvalue weighted by molar-refractivity contribution is -0.119. The Kier molecular flexibility index (Phi) is 4.56. The minimum absolute atomic E-state index is 0.0304. The Hall–Kier alpha value is -1.64. The number of hydrogen-bond donors (Lipinski definition) is 1. The molecule has 1 amide bonds. The third-order valence-corrected chi connectivity index (χ3v) is 5.44.